The Morgan fingerprint density at radius 1 is 1.32 bits per heavy atom. The first kappa shape index (κ1) is 20.3. The van der Waals surface area contributed by atoms with E-state index in [9.17, 15) is 18.0 Å². The molecule has 0 heterocycles. The van der Waals surface area contributed by atoms with Crippen molar-refractivity contribution in [3.63, 3.8) is 0 Å². The number of hydrogen-bond donors (Lipinski definition) is 2. The van der Waals surface area contributed by atoms with Gasteiger partial charge in [0.05, 0.1) is 12.3 Å². The lowest BCUT2D eigenvalue weighted by atomic mass is 10.0. The van der Waals surface area contributed by atoms with E-state index in [0.717, 1.165) is 11.8 Å². The molecule has 0 fully saturated rings. The van der Waals surface area contributed by atoms with Gasteiger partial charge >= 0.3 is 0 Å². The Morgan fingerprint density at radius 2 is 1.91 bits per heavy atom. The van der Waals surface area contributed by atoms with Gasteiger partial charge < -0.3 is 10.1 Å². The van der Waals surface area contributed by atoms with Crippen molar-refractivity contribution < 1.29 is 20.9 Å². The standard InChI is InChI=1S/C15H24N2O4S.2H2/c1-6-8-12(7-2)9-13(10-18)16-15(19)14(11(3)4)17-22(5,20)21;;/h6-8,10-11,13-14,17H,1-2,9H2,3-5H3,(H,16,19);2*1H/b12-8+;;/t13?,14-;;/m0../s1. The summed E-state index contributed by atoms with van der Waals surface area (Å²) in [6.45, 7) is 10.6. The lowest BCUT2D eigenvalue weighted by molar-refractivity contribution is -0.126. The minimum absolute atomic E-state index is 0. The summed E-state index contributed by atoms with van der Waals surface area (Å²) >= 11 is 0. The third kappa shape index (κ3) is 7.90. The first-order valence-corrected chi connectivity index (χ1v) is 8.70. The molecule has 0 radical (unpaired) electrons. The number of rotatable bonds is 10. The van der Waals surface area contributed by atoms with Crippen LogP contribution in [0.5, 0.6) is 0 Å². The second-order valence-corrected chi connectivity index (χ2v) is 7.03. The highest BCUT2D eigenvalue weighted by Crippen LogP contribution is 2.08. The zero-order valence-corrected chi connectivity index (χ0v) is 14.0. The predicted octanol–water partition coefficient (Wildman–Crippen LogP) is 1.42. The molecular formula is C15H28N2O4S. The van der Waals surface area contributed by atoms with Crippen LogP contribution in [0, 0.1) is 5.92 Å². The van der Waals surface area contributed by atoms with E-state index >= 15 is 0 Å². The SMILES string of the molecule is C=C/C=C(\C=C)CC(C=O)NC(=O)[C@@H](NS(C)(=O)=O)C(C)C.[HH].[HH]. The quantitative estimate of drug-likeness (QED) is 0.467. The Bertz CT molecular complexity index is 560. The van der Waals surface area contributed by atoms with Crippen LogP contribution in [0.25, 0.3) is 0 Å². The van der Waals surface area contributed by atoms with Gasteiger partial charge in [0.25, 0.3) is 0 Å². The van der Waals surface area contributed by atoms with Crippen LogP contribution in [0.1, 0.15) is 23.1 Å². The van der Waals surface area contributed by atoms with E-state index in [4.69, 9.17) is 0 Å². The van der Waals surface area contributed by atoms with E-state index < -0.39 is 28.0 Å². The topological polar surface area (TPSA) is 92.3 Å². The van der Waals surface area contributed by atoms with Gasteiger partial charge in [-0.05, 0) is 17.9 Å². The van der Waals surface area contributed by atoms with Gasteiger partial charge in [0, 0.05) is 2.85 Å². The lowest BCUT2D eigenvalue weighted by Crippen LogP contribution is -2.52. The van der Waals surface area contributed by atoms with Crippen molar-refractivity contribution in [3.8, 4) is 0 Å². The van der Waals surface area contributed by atoms with Gasteiger partial charge in [0.15, 0.2) is 0 Å². The number of sulfonamides is 1. The number of carbonyl (C=O) groups is 2. The minimum Gasteiger partial charge on any atom is -0.345 e. The molecule has 0 aromatic rings. The third-order valence-electron chi connectivity index (χ3n) is 2.83. The monoisotopic (exact) mass is 332 g/mol. The van der Waals surface area contributed by atoms with Crippen molar-refractivity contribution in [1.29, 1.82) is 0 Å². The van der Waals surface area contributed by atoms with Crippen molar-refractivity contribution in [3.05, 3.63) is 37.0 Å². The smallest absolute Gasteiger partial charge is 0.239 e. The molecule has 2 atom stereocenters. The van der Waals surface area contributed by atoms with Crippen LogP contribution in [0.2, 0.25) is 0 Å². The Morgan fingerprint density at radius 3 is 2.27 bits per heavy atom. The minimum atomic E-state index is -3.53. The van der Waals surface area contributed by atoms with Crippen molar-refractivity contribution in [2.45, 2.75) is 32.4 Å². The summed E-state index contributed by atoms with van der Waals surface area (Å²) < 4.78 is 24.9. The average molecular weight is 332 g/mol. The first-order valence-electron chi connectivity index (χ1n) is 6.81. The molecule has 0 bridgehead atoms. The largest absolute Gasteiger partial charge is 0.345 e. The van der Waals surface area contributed by atoms with Gasteiger partial charge in [-0.1, -0.05) is 45.2 Å². The van der Waals surface area contributed by atoms with Crippen LogP contribution in [-0.4, -0.2) is 39.0 Å². The zero-order chi connectivity index (χ0) is 17.3. The Labute approximate surface area is 135 Å². The van der Waals surface area contributed by atoms with Crippen LogP contribution in [-0.2, 0) is 19.6 Å². The molecular weight excluding hydrogens is 304 g/mol. The van der Waals surface area contributed by atoms with Crippen molar-refractivity contribution in [2.75, 3.05) is 6.26 Å². The maximum absolute atomic E-state index is 12.2. The highest BCUT2D eigenvalue weighted by atomic mass is 32.2. The molecule has 0 spiro atoms. The fourth-order valence-electron chi connectivity index (χ4n) is 1.75. The number of hydrogen-bond acceptors (Lipinski definition) is 4. The molecule has 0 aliphatic carbocycles. The maximum Gasteiger partial charge on any atom is 0.239 e. The third-order valence-corrected chi connectivity index (χ3v) is 3.51. The van der Waals surface area contributed by atoms with E-state index in [2.05, 4.69) is 23.2 Å². The molecule has 1 unspecified atom stereocenters. The lowest BCUT2D eigenvalue weighted by Gasteiger charge is -2.22. The van der Waals surface area contributed by atoms with Gasteiger partial charge in [0.1, 0.15) is 12.3 Å². The number of carbonyl (C=O) groups excluding carboxylic acids is 2. The summed E-state index contributed by atoms with van der Waals surface area (Å²) in [5.41, 5.74) is 0.740. The summed E-state index contributed by atoms with van der Waals surface area (Å²) in [6.07, 6.45) is 6.66. The molecule has 0 saturated heterocycles. The van der Waals surface area contributed by atoms with E-state index in [-0.39, 0.29) is 15.2 Å². The average Bonchev–Trinajstić information content (AvgIpc) is 2.41. The molecule has 0 aromatic carbocycles. The van der Waals surface area contributed by atoms with E-state index in [0.29, 0.717) is 6.29 Å². The fourth-order valence-corrected chi connectivity index (χ4v) is 2.59. The van der Waals surface area contributed by atoms with Gasteiger partial charge in [-0.3, -0.25) is 4.79 Å². The second kappa shape index (κ2) is 9.32. The van der Waals surface area contributed by atoms with Crippen LogP contribution >= 0.6 is 0 Å². The molecule has 0 aliphatic rings. The predicted molar refractivity (Wildman–Crippen MR) is 91.9 cm³/mol. The first-order chi connectivity index (χ1) is 10.1. The van der Waals surface area contributed by atoms with E-state index in [1.54, 1.807) is 32.1 Å². The number of amides is 1. The number of aldehydes is 1. The Kier molecular flexibility index (Phi) is 8.59. The molecule has 1 amide bonds. The highest BCUT2D eigenvalue weighted by molar-refractivity contribution is 7.88. The number of nitrogens with one attached hydrogen (secondary N) is 2. The van der Waals surface area contributed by atoms with Crippen LogP contribution < -0.4 is 10.0 Å². The summed E-state index contributed by atoms with van der Waals surface area (Å²) in [5.74, 6) is -0.802. The Hall–Kier alpha value is -1.73. The normalized spacial score (nSPS) is 15.0. The summed E-state index contributed by atoms with van der Waals surface area (Å²) in [6, 6.07) is -1.70. The maximum atomic E-state index is 12.2. The van der Waals surface area contributed by atoms with Crippen molar-refractivity contribution >= 4 is 22.2 Å². The summed E-state index contributed by atoms with van der Waals surface area (Å²) in [7, 11) is -3.53. The molecule has 0 rings (SSSR count). The summed E-state index contributed by atoms with van der Waals surface area (Å²) in [5, 5.41) is 2.54. The molecule has 0 aromatic heterocycles. The van der Waals surface area contributed by atoms with Crippen molar-refractivity contribution in [2.24, 2.45) is 5.92 Å². The molecule has 7 heteroatoms. The van der Waals surface area contributed by atoms with Crippen LogP contribution in [0.15, 0.2) is 37.0 Å². The molecule has 0 aliphatic heterocycles. The fraction of sp³-hybridized carbons (Fsp3) is 0.467. The highest BCUT2D eigenvalue weighted by Gasteiger charge is 2.27. The number of allylic oxidation sites excluding steroid dienone is 3. The van der Waals surface area contributed by atoms with Gasteiger partial charge in [0.2, 0.25) is 15.9 Å². The molecule has 0 saturated carbocycles. The van der Waals surface area contributed by atoms with Crippen molar-refractivity contribution in [1.82, 2.24) is 10.0 Å². The van der Waals surface area contributed by atoms with Gasteiger partial charge in [-0.2, -0.15) is 0 Å². The van der Waals surface area contributed by atoms with E-state index in [1.807, 2.05) is 0 Å². The molecule has 2 N–H and O–H groups in total. The van der Waals surface area contributed by atoms with E-state index in [1.165, 1.54) is 0 Å². The molecule has 22 heavy (non-hydrogen) atoms. The van der Waals surface area contributed by atoms with Crippen LogP contribution in [0.4, 0.5) is 0 Å². The Balaban J connectivity index is -0.00000220. The van der Waals surface area contributed by atoms with Gasteiger partial charge in [-0.15, -0.1) is 0 Å². The second-order valence-electron chi connectivity index (χ2n) is 5.25. The molecule has 128 valence electrons. The van der Waals surface area contributed by atoms with Crippen LogP contribution in [0.3, 0.4) is 0 Å². The molecule has 6 nitrogen and oxygen atoms in total. The zero-order valence-electron chi connectivity index (χ0n) is 13.2. The summed E-state index contributed by atoms with van der Waals surface area (Å²) in [4.78, 5) is 23.3. The van der Waals surface area contributed by atoms with Gasteiger partial charge in [-0.25, -0.2) is 13.1 Å².